The molecule has 130 valence electrons. The van der Waals surface area contributed by atoms with E-state index in [4.69, 9.17) is 9.47 Å². The Morgan fingerprint density at radius 1 is 1.04 bits per heavy atom. The summed E-state index contributed by atoms with van der Waals surface area (Å²) >= 11 is 0. The zero-order valence-electron chi connectivity index (χ0n) is 12.7. The van der Waals surface area contributed by atoms with Gasteiger partial charge in [0.05, 0.1) is 14.2 Å². The van der Waals surface area contributed by atoms with E-state index in [2.05, 4.69) is 0 Å². The Kier molecular flexibility index (Phi) is 6.35. The summed E-state index contributed by atoms with van der Waals surface area (Å²) in [4.78, 5) is 11.0. The summed E-state index contributed by atoms with van der Waals surface area (Å²) in [7, 11) is 2.94. The van der Waals surface area contributed by atoms with E-state index >= 15 is 0 Å². The van der Waals surface area contributed by atoms with Gasteiger partial charge < -0.3 is 9.47 Å². The monoisotopic (exact) mass is 340 g/mol. The molecule has 1 aromatic rings. The summed E-state index contributed by atoms with van der Waals surface area (Å²) in [6.07, 6.45) is -6.08. The molecule has 0 radical (unpaired) electrons. The molecule has 0 aliphatic rings. The van der Waals surface area contributed by atoms with Crippen LogP contribution in [-0.2, 0) is 11.2 Å². The Balaban J connectivity index is 2.54. The minimum Gasteiger partial charge on any atom is -0.497 e. The number of carbonyl (C=O) groups is 1. The molecule has 0 saturated carbocycles. The van der Waals surface area contributed by atoms with E-state index in [0.29, 0.717) is 17.9 Å². The predicted octanol–water partition coefficient (Wildman–Crippen LogP) is 4.18. The molecule has 1 rings (SSSR count). The normalized spacial score (nSPS) is 12.1. The number of halogens is 5. The second-order valence-electron chi connectivity index (χ2n) is 4.88. The van der Waals surface area contributed by atoms with Crippen molar-refractivity contribution in [3.8, 4) is 11.5 Å². The van der Waals surface area contributed by atoms with Crippen LogP contribution in [0.15, 0.2) is 18.2 Å². The molecule has 3 nitrogen and oxygen atoms in total. The van der Waals surface area contributed by atoms with Crippen LogP contribution in [0.3, 0.4) is 0 Å². The number of rotatable bonds is 8. The molecule has 0 unspecified atom stereocenters. The lowest BCUT2D eigenvalue weighted by atomic mass is 10.0. The Labute approximate surface area is 130 Å². The van der Waals surface area contributed by atoms with Crippen molar-refractivity contribution >= 4 is 5.78 Å². The van der Waals surface area contributed by atoms with Gasteiger partial charge in [-0.3, -0.25) is 4.79 Å². The molecule has 0 fully saturated rings. The number of ketones is 1. The first-order chi connectivity index (χ1) is 10.6. The summed E-state index contributed by atoms with van der Waals surface area (Å²) in [5.41, 5.74) is 0.753. The summed E-state index contributed by atoms with van der Waals surface area (Å²) < 4.78 is 71.8. The predicted molar refractivity (Wildman–Crippen MR) is 73.1 cm³/mol. The number of aryl methyl sites for hydroxylation is 1. The van der Waals surface area contributed by atoms with Gasteiger partial charge in [-0.15, -0.1) is 0 Å². The van der Waals surface area contributed by atoms with Gasteiger partial charge in [-0.1, -0.05) is 6.07 Å². The fourth-order valence-corrected chi connectivity index (χ4v) is 1.97. The number of benzene rings is 1. The molecule has 0 N–H and O–H groups in total. The maximum Gasteiger partial charge on any atom is 0.461 e. The van der Waals surface area contributed by atoms with E-state index in [-0.39, 0.29) is 12.8 Å². The molecular formula is C15H17F5O3. The van der Waals surface area contributed by atoms with Crippen molar-refractivity contribution in [1.29, 1.82) is 0 Å². The van der Waals surface area contributed by atoms with Crippen molar-refractivity contribution in [2.75, 3.05) is 14.2 Å². The smallest absolute Gasteiger partial charge is 0.461 e. The molecule has 0 amide bonds. The lowest BCUT2D eigenvalue weighted by molar-refractivity contribution is -0.268. The van der Waals surface area contributed by atoms with Gasteiger partial charge in [0, 0.05) is 12.5 Å². The summed E-state index contributed by atoms with van der Waals surface area (Å²) in [5.74, 6) is -6.29. The van der Waals surface area contributed by atoms with Gasteiger partial charge in [-0.2, -0.15) is 22.0 Å². The number of carbonyl (C=O) groups excluding carboxylic acids is 1. The molecule has 0 aromatic heterocycles. The Morgan fingerprint density at radius 3 is 2.22 bits per heavy atom. The van der Waals surface area contributed by atoms with E-state index in [1.54, 1.807) is 18.2 Å². The molecule has 0 aliphatic heterocycles. The van der Waals surface area contributed by atoms with E-state index in [0.717, 1.165) is 5.56 Å². The Bertz CT molecular complexity index is 540. The van der Waals surface area contributed by atoms with Gasteiger partial charge in [0.15, 0.2) is 0 Å². The highest BCUT2D eigenvalue weighted by Crippen LogP contribution is 2.37. The fourth-order valence-electron chi connectivity index (χ4n) is 1.97. The molecular weight excluding hydrogens is 323 g/mol. The van der Waals surface area contributed by atoms with Crippen molar-refractivity contribution in [1.82, 2.24) is 0 Å². The maximum absolute atomic E-state index is 12.8. The Hall–Kier alpha value is -1.86. The topological polar surface area (TPSA) is 35.5 Å². The van der Waals surface area contributed by atoms with Crippen molar-refractivity contribution in [2.24, 2.45) is 0 Å². The van der Waals surface area contributed by atoms with E-state index in [9.17, 15) is 26.7 Å². The molecule has 0 aliphatic carbocycles. The van der Waals surface area contributed by atoms with E-state index in [1.165, 1.54) is 14.2 Å². The Morgan fingerprint density at radius 2 is 1.70 bits per heavy atom. The number of Topliss-reactive ketones (excluding diaryl/α,β-unsaturated/α-hetero) is 1. The van der Waals surface area contributed by atoms with Gasteiger partial charge in [0.1, 0.15) is 11.5 Å². The van der Waals surface area contributed by atoms with Crippen LogP contribution in [0, 0.1) is 0 Å². The zero-order valence-corrected chi connectivity index (χ0v) is 12.7. The third kappa shape index (κ3) is 4.80. The van der Waals surface area contributed by atoms with Crippen LogP contribution < -0.4 is 9.47 Å². The number of hydrogen-bond donors (Lipinski definition) is 0. The lowest BCUT2D eigenvalue weighted by Gasteiger charge is -2.17. The summed E-state index contributed by atoms with van der Waals surface area (Å²) in [6.45, 7) is 0. The van der Waals surface area contributed by atoms with Gasteiger partial charge in [0.25, 0.3) is 0 Å². The number of alkyl halides is 5. The molecule has 0 saturated heterocycles. The van der Waals surface area contributed by atoms with Crippen molar-refractivity contribution in [2.45, 2.75) is 37.8 Å². The summed E-state index contributed by atoms with van der Waals surface area (Å²) in [5, 5.41) is 0. The maximum atomic E-state index is 12.8. The third-order valence-electron chi connectivity index (χ3n) is 3.30. The number of methoxy groups -OCH3 is 2. The average molecular weight is 340 g/mol. The second kappa shape index (κ2) is 7.61. The molecule has 1 aromatic carbocycles. The van der Waals surface area contributed by atoms with Gasteiger partial charge in [-0.25, -0.2) is 0 Å². The quantitative estimate of drug-likeness (QED) is 0.526. The lowest BCUT2D eigenvalue weighted by Crippen LogP contribution is -2.43. The average Bonchev–Trinajstić information content (AvgIpc) is 2.50. The first-order valence-electron chi connectivity index (χ1n) is 6.82. The summed E-state index contributed by atoms with van der Waals surface area (Å²) in [6, 6.07) is 5.03. The molecule has 0 spiro atoms. The van der Waals surface area contributed by atoms with Gasteiger partial charge >= 0.3 is 12.1 Å². The van der Waals surface area contributed by atoms with Crippen LogP contribution in [-0.4, -0.2) is 32.1 Å². The van der Waals surface area contributed by atoms with Crippen LogP contribution in [0.25, 0.3) is 0 Å². The highest BCUT2D eigenvalue weighted by Gasteiger charge is 2.62. The molecule has 0 bridgehead atoms. The first kappa shape index (κ1) is 19.2. The van der Waals surface area contributed by atoms with Gasteiger partial charge in [-0.05, 0) is 30.9 Å². The van der Waals surface area contributed by atoms with E-state index < -0.39 is 24.3 Å². The SMILES string of the molecule is COc1ccc(CCCCC(=O)C(F)(F)C(F)(F)F)c(OC)c1. The standard InChI is InChI=1S/C15H17F5O3/c1-22-11-8-7-10(12(9-11)23-2)5-3-4-6-13(21)14(16,17)15(18,19)20/h7-9H,3-6H2,1-2H3. The van der Waals surface area contributed by atoms with Crippen LogP contribution in [0.2, 0.25) is 0 Å². The van der Waals surface area contributed by atoms with Crippen LogP contribution >= 0.6 is 0 Å². The largest absolute Gasteiger partial charge is 0.497 e. The highest BCUT2D eigenvalue weighted by molar-refractivity contribution is 5.86. The highest BCUT2D eigenvalue weighted by atomic mass is 19.4. The van der Waals surface area contributed by atoms with Crippen LogP contribution in [0.4, 0.5) is 22.0 Å². The number of ether oxygens (including phenoxy) is 2. The fraction of sp³-hybridized carbons (Fsp3) is 0.533. The molecule has 0 heterocycles. The van der Waals surface area contributed by atoms with Crippen LogP contribution in [0.1, 0.15) is 24.8 Å². The molecule has 0 atom stereocenters. The minimum atomic E-state index is -5.84. The minimum absolute atomic E-state index is 0.0698. The van der Waals surface area contributed by atoms with Crippen molar-refractivity contribution < 1.29 is 36.2 Å². The number of unbranched alkanes of at least 4 members (excludes halogenated alkanes) is 1. The molecule has 8 heteroatoms. The second-order valence-corrected chi connectivity index (χ2v) is 4.88. The third-order valence-corrected chi connectivity index (χ3v) is 3.30. The zero-order chi connectivity index (χ0) is 17.7. The number of hydrogen-bond acceptors (Lipinski definition) is 3. The van der Waals surface area contributed by atoms with E-state index in [1.807, 2.05) is 0 Å². The van der Waals surface area contributed by atoms with Crippen molar-refractivity contribution in [3.05, 3.63) is 23.8 Å². The van der Waals surface area contributed by atoms with Crippen LogP contribution in [0.5, 0.6) is 11.5 Å². The molecule has 23 heavy (non-hydrogen) atoms. The van der Waals surface area contributed by atoms with Gasteiger partial charge in [0.2, 0.25) is 5.78 Å². The first-order valence-corrected chi connectivity index (χ1v) is 6.82. The van der Waals surface area contributed by atoms with Crippen molar-refractivity contribution in [3.63, 3.8) is 0 Å².